The number of anilines is 2. The number of ether oxygens (including phenoxy) is 2. The summed E-state index contributed by atoms with van der Waals surface area (Å²) in [4.78, 5) is 7.97. The van der Waals surface area contributed by atoms with Crippen LogP contribution in [0.1, 0.15) is 18.5 Å². The highest BCUT2D eigenvalue weighted by molar-refractivity contribution is 5.46. The summed E-state index contributed by atoms with van der Waals surface area (Å²) in [5.74, 6) is 2.32. The largest absolute Gasteiger partial charge is 0.493 e. The molecule has 1 heterocycles. The van der Waals surface area contributed by atoms with E-state index in [-0.39, 0.29) is 12.0 Å². The van der Waals surface area contributed by atoms with Crippen molar-refractivity contribution < 1.29 is 9.47 Å². The first-order valence-electron chi connectivity index (χ1n) is 6.21. The van der Waals surface area contributed by atoms with Gasteiger partial charge in [-0.15, -0.1) is 0 Å². The quantitative estimate of drug-likeness (QED) is 0.870. The number of aromatic nitrogens is 2. The Bertz CT molecular complexity index is 589. The minimum absolute atomic E-state index is 0.0455. The Morgan fingerprint density at radius 1 is 1.15 bits per heavy atom. The van der Waals surface area contributed by atoms with E-state index in [1.165, 1.54) is 0 Å². The lowest BCUT2D eigenvalue weighted by Gasteiger charge is -2.17. The molecule has 0 saturated carbocycles. The molecule has 106 valence electrons. The first-order chi connectivity index (χ1) is 9.63. The van der Waals surface area contributed by atoms with E-state index in [1.807, 2.05) is 25.1 Å². The number of hydrogen-bond donors (Lipinski definition) is 2. The van der Waals surface area contributed by atoms with Crippen LogP contribution in [0.4, 0.5) is 11.8 Å². The molecule has 0 aliphatic heterocycles. The van der Waals surface area contributed by atoms with Crippen LogP contribution in [0.2, 0.25) is 0 Å². The van der Waals surface area contributed by atoms with Gasteiger partial charge in [0.2, 0.25) is 5.95 Å². The highest BCUT2D eigenvalue weighted by Gasteiger charge is 2.10. The van der Waals surface area contributed by atoms with Crippen molar-refractivity contribution in [1.29, 1.82) is 0 Å². The van der Waals surface area contributed by atoms with Crippen LogP contribution in [0.15, 0.2) is 30.5 Å². The zero-order valence-electron chi connectivity index (χ0n) is 11.8. The molecular formula is C14H18N4O2. The number of methoxy groups -OCH3 is 2. The summed E-state index contributed by atoms with van der Waals surface area (Å²) in [6.45, 7) is 2.03. The van der Waals surface area contributed by atoms with E-state index >= 15 is 0 Å². The second kappa shape index (κ2) is 6.10. The fraction of sp³-hybridized carbons (Fsp3) is 0.286. The Morgan fingerprint density at radius 3 is 2.55 bits per heavy atom. The topological polar surface area (TPSA) is 82.3 Å². The number of rotatable bonds is 5. The molecule has 1 unspecified atom stereocenters. The third-order valence-corrected chi connectivity index (χ3v) is 2.95. The first-order valence-corrected chi connectivity index (χ1v) is 6.21. The van der Waals surface area contributed by atoms with Crippen molar-refractivity contribution in [3.63, 3.8) is 0 Å². The van der Waals surface area contributed by atoms with Gasteiger partial charge in [-0.25, -0.2) is 4.98 Å². The van der Waals surface area contributed by atoms with Crippen molar-refractivity contribution in [3.05, 3.63) is 36.0 Å². The average molecular weight is 274 g/mol. The molecule has 1 aromatic heterocycles. The summed E-state index contributed by atoms with van der Waals surface area (Å²) in [6.07, 6.45) is 1.62. The van der Waals surface area contributed by atoms with Crippen LogP contribution >= 0.6 is 0 Å². The van der Waals surface area contributed by atoms with Crippen LogP contribution in [-0.4, -0.2) is 24.2 Å². The molecule has 0 fully saturated rings. The van der Waals surface area contributed by atoms with Gasteiger partial charge in [-0.05, 0) is 30.7 Å². The maximum Gasteiger partial charge on any atom is 0.221 e. The highest BCUT2D eigenvalue weighted by Crippen LogP contribution is 2.30. The summed E-state index contributed by atoms with van der Waals surface area (Å²) in [5, 5.41) is 3.26. The zero-order valence-corrected chi connectivity index (χ0v) is 11.8. The molecule has 1 aromatic carbocycles. The Hall–Kier alpha value is -2.50. The Kier molecular flexibility index (Phi) is 4.24. The van der Waals surface area contributed by atoms with Crippen LogP contribution in [0, 0.1) is 0 Å². The van der Waals surface area contributed by atoms with Crippen molar-refractivity contribution in [2.75, 3.05) is 25.3 Å². The van der Waals surface area contributed by atoms with Gasteiger partial charge in [0, 0.05) is 6.20 Å². The van der Waals surface area contributed by atoms with E-state index in [0.717, 1.165) is 5.56 Å². The second-order valence-corrected chi connectivity index (χ2v) is 4.28. The third-order valence-electron chi connectivity index (χ3n) is 2.95. The van der Waals surface area contributed by atoms with Crippen molar-refractivity contribution >= 4 is 11.8 Å². The summed E-state index contributed by atoms with van der Waals surface area (Å²) < 4.78 is 10.5. The molecule has 0 aliphatic rings. The van der Waals surface area contributed by atoms with E-state index in [9.17, 15) is 0 Å². The molecule has 1 atom stereocenters. The van der Waals surface area contributed by atoms with E-state index in [1.54, 1.807) is 26.5 Å². The number of nitrogens with two attached hydrogens (primary N) is 1. The summed E-state index contributed by atoms with van der Waals surface area (Å²) in [7, 11) is 3.23. The van der Waals surface area contributed by atoms with Crippen molar-refractivity contribution in [2.24, 2.45) is 0 Å². The monoisotopic (exact) mass is 274 g/mol. The maximum atomic E-state index is 5.56. The lowest BCUT2D eigenvalue weighted by Crippen LogP contribution is -2.09. The van der Waals surface area contributed by atoms with E-state index in [0.29, 0.717) is 17.3 Å². The molecule has 6 heteroatoms. The van der Waals surface area contributed by atoms with Gasteiger partial charge in [-0.2, -0.15) is 4.98 Å². The molecule has 20 heavy (non-hydrogen) atoms. The molecule has 2 rings (SSSR count). The Balaban J connectivity index is 2.18. The van der Waals surface area contributed by atoms with Crippen molar-refractivity contribution in [1.82, 2.24) is 9.97 Å². The Morgan fingerprint density at radius 2 is 1.90 bits per heavy atom. The summed E-state index contributed by atoms with van der Waals surface area (Å²) >= 11 is 0. The molecule has 0 bridgehead atoms. The molecule has 6 nitrogen and oxygen atoms in total. The minimum Gasteiger partial charge on any atom is -0.493 e. The first kappa shape index (κ1) is 13.9. The van der Waals surface area contributed by atoms with Gasteiger partial charge in [-0.1, -0.05) is 6.07 Å². The fourth-order valence-corrected chi connectivity index (χ4v) is 1.88. The highest BCUT2D eigenvalue weighted by atomic mass is 16.5. The number of nitrogens with one attached hydrogen (secondary N) is 1. The number of nitrogens with zero attached hydrogens (tertiary/aromatic N) is 2. The van der Waals surface area contributed by atoms with Crippen LogP contribution in [0.3, 0.4) is 0 Å². The third kappa shape index (κ3) is 3.09. The van der Waals surface area contributed by atoms with Crippen molar-refractivity contribution in [2.45, 2.75) is 13.0 Å². The Labute approximate surface area is 118 Å². The van der Waals surface area contributed by atoms with E-state index < -0.39 is 0 Å². The number of benzene rings is 1. The fourth-order valence-electron chi connectivity index (χ4n) is 1.88. The van der Waals surface area contributed by atoms with Gasteiger partial charge in [-0.3, -0.25) is 0 Å². The molecule has 0 saturated heterocycles. The van der Waals surface area contributed by atoms with Crippen LogP contribution in [-0.2, 0) is 0 Å². The molecular weight excluding hydrogens is 256 g/mol. The summed E-state index contributed by atoms with van der Waals surface area (Å²) in [6, 6.07) is 7.60. The van der Waals surface area contributed by atoms with Gasteiger partial charge < -0.3 is 20.5 Å². The zero-order chi connectivity index (χ0) is 14.5. The van der Waals surface area contributed by atoms with Crippen LogP contribution in [0.25, 0.3) is 0 Å². The molecule has 2 aromatic rings. The predicted octanol–water partition coefficient (Wildman–Crippen LogP) is 2.25. The normalized spacial score (nSPS) is 11.8. The molecule has 0 aliphatic carbocycles. The van der Waals surface area contributed by atoms with Gasteiger partial charge in [0.15, 0.2) is 11.5 Å². The number of nitrogen functional groups attached to an aromatic ring is 1. The molecule has 0 amide bonds. The predicted molar refractivity (Wildman–Crippen MR) is 78.0 cm³/mol. The smallest absolute Gasteiger partial charge is 0.221 e. The lowest BCUT2D eigenvalue weighted by molar-refractivity contribution is 0.354. The van der Waals surface area contributed by atoms with Crippen LogP contribution < -0.4 is 20.5 Å². The maximum absolute atomic E-state index is 5.56. The average Bonchev–Trinajstić information content (AvgIpc) is 2.46. The van der Waals surface area contributed by atoms with Gasteiger partial charge in [0.1, 0.15) is 5.82 Å². The number of hydrogen-bond acceptors (Lipinski definition) is 6. The van der Waals surface area contributed by atoms with Gasteiger partial charge >= 0.3 is 0 Å². The van der Waals surface area contributed by atoms with Crippen molar-refractivity contribution in [3.8, 4) is 11.5 Å². The standard InChI is InChI=1S/C14H18N4O2/c1-9(17-13-6-7-16-14(15)18-13)10-4-5-11(19-2)12(8-10)20-3/h4-9H,1-3H3,(H3,15,16,17,18). The molecule has 3 N–H and O–H groups in total. The molecule has 0 radical (unpaired) electrons. The SMILES string of the molecule is COc1ccc(C(C)Nc2ccnc(N)n2)cc1OC. The van der Waals surface area contributed by atoms with E-state index in [2.05, 4.69) is 15.3 Å². The summed E-state index contributed by atoms with van der Waals surface area (Å²) in [5.41, 5.74) is 6.61. The van der Waals surface area contributed by atoms with Crippen LogP contribution in [0.5, 0.6) is 11.5 Å². The van der Waals surface area contributed by atoms with Gasteiger partial charge in [0.05, 0.1) is 20.3 Å². The lowest BCUT2D eigenvalue weighted by atomic mass is 10.1. The van der Waals surface area contributed by atoms with E-state index in [4.69, 9.17) is 15.2 Å². The molecule has 0 spiro atoms. The second-order valence-electron chi connectivity index (χ2n) is 4.28. The minimum atomic E-state index is 0.0455. The van der Waals surface area contributed by atoms with Gasteiger partial charge in [0.25, 0.3) is 0 Å².